The second-order valence-corrected chi connectivity index (χ2v) is 7.26. The van der Waals surface area contributed by atoms with Crippen LogP contribution in [-0.4, -0.2) is 34.0 Å². The summed E-state index contributed by atoms with van der Waals surface area (Å²) in [6.07, 6.45) is 4.24. The van der Waals surface area contributed by atoms with E-state index in [0.717, 1.165) is 11.3 Å². The van der Waals surface area contributed by atoms with Crippen LogP contribution < -0.4 is 10.6 Å². The number of carbonyl (C=O) groups excluding carboxylic acids is 2. The summed E-state index contributed by atoms with van der Waals surface area (Å²) < 4.78 is 1.98. The van der Waals surface area contributed by atoms with Crippen LogP contribution in [0.4, 0.5) is 0 Å². The molecule has 2 heterocycles. The van der Waals surface area contributed by atoms with Crippen LogP contribution in [0.25, 0.3) is 0 Å². The maximum Gasteiger partial charge on any atom is 0.226 e. The number of benzene rings is 1. The molecule has 2 amide bonds. The highest BCUT2D eigenvalue weighted by atomic mass is 16.2. The average molecular weight is 340 g/mol. The van der Waals surface area contributed by atoms with E-state index in [1.807, 2.05) is 36.6 Å². The molecule has 1 saturated heterocycles. The quantitative estimate of drug-likeness (QED) is 0.837. The zero-order valence-corrected chi connectivity index (χ0v) is 14.7. The minimum Gasteiger partial charge on any atom is -0.354 e. The minimum atomic E-state index is -0.139. The van der Waals surface area contributed by atoms with Crippen LogP contribution in [-0.2, 0) is 22.6 Å². The summed E-state index contributed by atoms with van der Waals surface area (Å²) in [5.41, 5.74) is 1.90. The molecule has 0 saturated carbocycles. The van der Waals surface area contributed by atoms with Gasteiger partial charge in [0.1, 0.15) is 0 Å². The lowest BCUT2D eigenvalue weighted by atomic mass is 9.85. The van der Waals surface area contributed by atoms with Gasteiger partial charge in [0, 0.05) is 31.4 Å². The molecule has 6 heteroatoms. The maximum absolute atomic E-state index is 12.3. The molecule has 1 atom stereocenters. The Morgan fingerprint density at radius 2 is 2.12 bits per heavy atom. The molecule has 25 heavy (non-hydrogen) atoms. The fourth-order valence-corrected chi connectivity index (χ4v) is 3.17. The Bertz CT molecular complexity index is 752. The highest BCUT2D eigenvalue weighted by Gasteiger charge is 2.39. The van der Waals surface area contributed by atoms with Crippen molar-refractivity contribution in [3.8, 4) is 0 Å². The van der Waals surface area contributed by atoms with Gasteiger partial charge in [-0.3, -0.25) is 9.59 Å². The van der Waals surface area contributed by atoms with E-state index in [9.17, 15) is 9.59 Å². The van der Waals surface area contributed by atoms with E-state index in [2.05, 4.69) is 27.8 Å². The van der Waals surface area contributed by atoms with Gasteiger partial charge >= 0.3 is 0 Å². The van der Waals surface area contributed by atoms with Gasteiger partial charge in [-0.05, 0) is 11.0 Å². The predicted molar refractivity (Wildman–Crippen MR) is 94.8 cm³/mol. The van der Waals surface area contributed by atoms with Crippen LogP contribution in [0.3, 0.4) is 0 Å². The Morgan fingerprint density at radius 1 is 1.36 bits per heavy atom. The lowest BCUT2D eigenvalue weighted by Crippen LogP contribution is -2.44. The van der Waals surface area contributed by atoms with Crippen molar-refractivity contribution in [2.45, 2.75) is 39.3 Å². The lowest BCUT2D eigenvalue weighted by Gasteiger charge is -2.25. The van der Waals surface area contributed by atoms with Crippen molar-refractivity contribution >= 4 is 11.8 Å². The Kier molecular flexibility index (Phi) is 4.88. The molecule has 2 N–H and O–H groups in total. The normalized spacial score (nSPS) is 18.8. The molecular formula is C19H24N4O2. The highest BCUT2D eigenvalue weighted by Crippen LogP contribution is 2.29. The highest BCUT2D eigenvalue weighted by molar-refractivity contribution is 5.81. The van der Waals surface area contributed by atoms with Crippen molar-refractivity contribution < 1.29 is 9.59 Å². The number of amides is 2. The molecule has 1 aliphatic rings. The van der Waals surface area contributed by atoms with Gasteiger partial charge in [-0.1, -0.05) is 44.2 Å². The van der Waals surface area contributed by atoms with E-state index in [0.29, 0.717) is 19.5 Å². The minimum absolute atomic E-state index is 0.0295. The smallest absolute Gasteiger partial charge is 0.226 e. The zero-order chi connectivity index (χ0) is 17.9. The van der Waals surface area contributed by atoms with Crippen LogP contribution in [0, 0.1) is 5.41 Å². The van der Waals surface area contributed by atoms with Crippen LogP contribution >= 0.6 is 0 Å². The first-order valence-electron chi connectivity index (χ1n) is 8.53. The number of hydrogen-bond acceptors (Lipinski definition) is 3. The van der Waals surface area contributed by atoms with E-state index in [4.69, 9.17) is 0 Å². The van der Waals surface area contributed by atoms with Crippen LogP contribution in [0.2, 0.25) is 0 Å². The molecule has 1 unspecified atom stereocenters. The van der Waals surface area contributed by atoms with Crippen LogP contribution in [0.5, 0.6) is 0 Å². The van der Waals surface area contributed by atoms with Gasteiger partial charge in [0.2, 0.25) is 11.8 Å². The third-order valence-electron chi connectivity index (χ3n) is 4.73. The first-order chi connectivity index (χ1) is 11.9. The molecule has 6 nitrogen and oxygen atoms in total. The molecule has 0 bridgehead atoms. The lowest BCUT2D eigenvalue weighted by molar-refractivity contribution is -0.121. The first-order valence-corrected chi connectivity index (χ1v) is 8.53. The predicted octanol–water partition coefficient (Wildman–Crippen LogP) is 1.50. The van der Waals surface area contributed by atoms with Crippen molar-refractivity contribution in [2.75, 3.05) is 6.54 Å². The molecule has 0 aliphatic carbocycles. The van der Waals surface area contributed by atoms with Crippen molar-refractivity contribution in [1.82, 2.24) is 20.2 Å². The Balaban J connectivity index is 1.55. The molecule has 1 aliphatic heterocycles. The fraction of sp³-hybridized carbons (Fsp3) is 0.421. The second-order valence-electron chi connectivity index (χ2n) is 7.26. The summed E-state index contributed by atoms with van der Waals surface area (Å²) >= 11 is 0. The van der Waals surface area contributed by atoms with Crippen molar-refractivity contribution in [3.05, 3.63) is 54.1 Å². The summed E-state index contributed by atoms with van der Waals surface area (Å²) in [5, 5.41) is 5.87. The topological polar surface area (TPSA) is 76.0 Å². The maximum atomic E-state index is 12.3. The van der Waals surface area contributed by atoms with Gasteiger partial charge < -0.3 is 15.2 Å². The summed E-state index contributed by atoms with van der Waals surface area (Å²) in [6, 6.07) is 10.0. The Hall–Kier alpha value is -2.63. The molecule has 2 aromatic rings. The fourth-order valence-electron chi connectivity index (χ4n) is 3.17. The van der Waals surface area contributed by atoms with E-state index in [1.54, 1.807) is 12.5 Å². The average Bonchev–Trinajstić information content (AvgIpc) is 3.09. The van der Waals surface area contributed by atoms with Gasteiger partial charge in [0.15, 0.2) is 0 Å². The number of nitrogens with zero attached hydrogens (tertiary/aromatic N) is 2. The van der Waals surface area contributed by atoms with Crippen LogP contribution in [0.15, 0.2) is 42.9 Å². The number of imidazole rings is 1. The number of rotatable bonds is 6. The van der Waals surface area contributed by atoms with Gasteiger partial charge in [0.05, 0.1) is 18.8 Å². The number of aromatic nitrogens is 2. The summed E-state index contributed by atoms with van der Waals surface area (Å²) in [7, 11) is 0. The molecule has 1 aromatic heterocycles. The molecule has 0 spiro atoms. The van der Waals surface area contributed by atoms with Gasteiger partial charge in [-0.25, -0.2) is 4.98 Å². The van der Waals surface area contributed by atoms with Crippen molar-refractivity contribution in [3.63, 3.8) is 0 Å². The second kappa shape index (κ2) is 7.09. The zero-order valence-electron chi connectivity index (χ0n) is 14.7. The molecular weight excluding hydrogens is 316 g/mol. The molecule has 132 valence electrons. The number of nitrogens with one attached hydrogen (secondary N) is 2. The Morgan fingerprint density at radius 3 is 2.80 bits per heavy atom. The SMILES string of the molecule is CC1(C)CC(=O)NC1CNC(=O)Cc1cncn1Cc1ccccc1. The van der Waals surface area contributed by atoms with Crippen LogP contribution in [0.1, 0.15) is 31.5 Å². The molecule has 0 radical (unpaired) electrons. The summed E-state index contributed by atoms with van der Waals surface area (Å²) in [6.45, 7) is 5.22. The number of hydrogen-bond donors (Lipinski definition) is 2. The molecule has 1 fully saturated rings. The van der Waals surface area contributed by atoms with Crippen molar-refractivity contribution in [2.24, 2.45) is 5.41 Å². The van der Waals surface area contributed by atoms with E-state index in [1.165, 1.54) is 0 Å². The molecule has 1 aromatic carbocycles. The Labute approximate surface area is 147 Å². The van der Waals surface area contributed by atoms with E-state index >= 15 is 0 Å². The largest absolute Gasteiger partial charge is 0.354 e. The third kappa shape index (κ3) is 4.26. The van der Waals surface area contributed by atoms with E-state index < -0.39 is 0 Å². The first kappa shape index (κ1) is 17.2. The van der Waals surface area contributed by atoms with E-state index in [-0.39, 0.29) is 29.7 Å². The summed E-state index contributed by atoms with van der Waals surface area (Å²) in [4.78, 5) is 28.0. The summed E-state index contributed by atoms with van der Waals surface area (Å²) in [5.74, 6) is -0.0167. The van der Waals surface area contributed by atoms with Gasteiger partial charge in [-0.2, -0.15) is 0 Å². The monoisotopic (exact) mass is 340 g/mol. The molecule has 3 rings (SSSR count). The standard InChI is InChI=1S/C19H24N4O2/c1-19(2)9-18(25)22-16(19)11-21-17(24)8-15-10-20-13-23(15)12-14-6-4-3-5-7-14/h3-7,10,13,16H,8-9,11-12H2,1-2H3,(H,21,24)(H,22,25). The van der Waals surface area contributed by atoms with Gasteiger partial charge in [-0.15, -0.1) is 0 Å². The van der Waals surface area contributed by atoms with Crippen molar-refractivity contribution in [1.29, 1.82) is 0 Å². The third-order valence-corrected chi connectivity index (χ3v) is 4.73. The van der Waals surface area contributed by atoms with Gasteiger partial charge in [0.25, 0.3) is 0 Å². The number of carbonyl (C=O) groups is 2.